The Kier molecular flexibility index (Phi) is 3.98. The Balaban J connectivity index is 2.16. The molecular formula is C17H19N3O3. The third kappa shape index (κ3) is 2.76. The van der Waals surface area contributed by atoms with Crippen LogP contribution in [-0.4, -0.2) is 21.4 Å². The van der Waals surface area contributed by atoms with E-state index >= 15 is 0 Å². The van der Waals surface area contributed by atoms with Crippen LogP contribution in [0.3, 0.4) is 0 Å². The number of imide groups is 1. The maximum Gasteiger partial charge on any atom is 0.262 e. The van der Waals surface area contributed by atoms with Gasteiger partial charge in [0.15, 0.2) is 0 Å². The van der Waals surface area contributed by atoms with Crippen molar-refractivity contribution in [1.82, 2.24) is 14.9 Å². The number of carbonyl (C=O) groups is 2. The van der Waals surface area contributed by atoms with Gasteiger partial charge in [0.1, 0.15) is 11.9 Å². The zero-order chi connectivity index (χ0) is 16.6. The molecule has 23 heavy (non-hydrogen) atoms. The first-order valence-corrected chi connectivity index (χ1v) is 7.78. The molecule has 0 saturated carbocycles. The van der Waals surface area contributed by atoms with Crippen molar-refractivity contribution in [2.75, 3.05) is 0 Å². The average molecular weight is 313 g/mol. The molecule has 6 heteroatoms. The molecule has 6 nitrogen and oxygen atoms in total. The number of carbonyl (C=O) groups excluding carboxylic acids is 2. The Morgan fingerprint density at radius 1 is 1.22 bits per heavy atom. The highest BCUT2D eigenvalue weighted by atomic mass is 16.2. The summed E-state index contributed by atoms with van der Waals surface area (Å²) in [4.78, 5) is 41.1. The van der Waals surface area contributed by atoms with E-state index in [1.807, 2.05) is 19.1 Å². The van der Waals surface area contributed by atoms with Crippen molar-refractivity contribution in [3.8, 4) is 0 Å². The van der Waals surface area contributed by atoms with Gasteiger partial charge in [0.05, 0.1) is 11.3 Å². The summed E-state index contributed by atoms with van der Waals surface area (Å²) < 4.78 is 1.43. The number of aryl methyl sites for hydroxylation is 2. The normalized spacial score (nSPS) is 24.8. The standard InChI is InChI=1S/C17H19N3O3/c1-10-6-4-3-5-7-12-15(10)17(23)20(11(2)18-12)13-8-9-14(21)19-16(13)22/h3-4,6,13H,5,7-9H2,1-2H3,(H,19,21,22)/b4-3-,10-6-. The van der Waals surface area contributed by atoms with E-state index in [1.54, 1.807) is 6.92 Å². The maximum absolute atomic E-state index is 13.0. The molecule has 1 fully saturated rings. The van der Waals surface area contributed by atoms with E-state index in [0.717, 1.165) is 17.7 Å². The predicted octanol–water partition coefficient (Wildman–Crippen LogP) is 1.44. The van der Waals surface area contributed by atoms with Crippen LogP contribution in [0.1, 0.15) is 49.3 Å². The largest absolute Gasteiger partial charge is 0.295 e. The SMILES string of the molecule is C/C1=C/C=C\CCc2nc(C)n(C3CCC(=O)NC3=O)c(=O)c21. The minimum absolute atomic E-state index is 0.203. The lowest BCUT2D eigenvalue weighted by molar-refractivity contribution is -0.135. The van der Waals surface area contributed by atoms with Crippen molar-refractivity contribution >= 4 is 17.4 Å². The van der Waals surface area contributed by atoms with E-state index in [4.69, 9.17) is 0 Å². The fourth-order valence-corrected chi connectivity index (χ4v) is 3.18. The van der Waals surface area contributed by atoms with Crippen LogP contribution in [0.4, 0.5) is 0 Å². The summed E-state index contributed by atoms with van der Waals surface area (Å²) in [5.41, 5.74) is 1.99. The second-order valence-electron chi connectivity index (χ2n) is 5.94. The van der Waals surface area contributed by atoms with Crippen LogP contribution in [-0.2, 0) is 16.0 Å². The smallest absolute Gasteiger partial charge is 0.262 e. The molecule has 0 spiro atoms. The van der Waals surface area contributed by atoms with Crippen LogP contribution in [0.25, 0.3) is 5.57 Å². The van der Waals surface area contributed by atoms with Gasteiger partial charge in [-0.15, -0.1) is 0 Å². The fourth-order valence-electron chi connectivity index (χ4n) is 3.18. The van der Waals surface area contributed by atoms with Crippen molar-refractivity contribution < 1.29 is 9.59 Å². The number of aromatic nitrogens is 2. The van der Waals surface area contributed by atoms with Crippen LogP contribution >= 0.6 is 0 Å². The molecule has 1 aliphatic heterocycles. The number of piperidine rings is 1. The zero-order valence-corrected chi connectivity index (χ0v) is 13.3. The summed E-state index contributed by atoms with van der Waals surface area (Å²) in [5, 5.41) is 2.30. The number of hydrogen-bond acceptors (Lipinski definition) is 4. The number of nitrogens with one attached hydrogen (secondary N) is 1. The van der Waals surface area contributed by atoms with Crippen molar-refractivity contribution in [2.45, 2.75) is 45.6 Å². The Hall–Kier alpha value is -2.50. The van der Waals surface area contributed by atoms with E-state index in [-0.39, 0.29) is 17.9 Å². The molecule has 2 aliphatic rings. The molecule has 0 bridgehead atoms. The second kappa shape index (κ2) is 5.95. The summed E-state index contributed by atoms with van der Waals surface area (Å²) in [6, 6.07) is -0.674. The van der Waals surface area contributed by atoms with Gasteiger partial charge in [0.25, 0.3) is 5.56 Å². The van der Waals surface area contributed by atoms with Crippen molar-refractivity contribution in [3.05, 3.63) is 45.7 Å². The molecule has 1 N–H and O–H groups in total. The monoisotopic (exact) mass is 313 g/mol. The van der Waals surface area contributed by atoms with Gasteiger partial charge in [0.2, 0.25) is 11.8 Å². The predicted molar refractivity (Wildman–Crippen MR) is 85.8 cm³/mol. The number of fused-ring (bicyclic) bond motifs is 1. The van der Waals surface area contributed by atoms with Gasteiger partial charge in [-0.05, 0) is 38.7 Å². The van der Waals surface area contributed by atoms with E-state index in [1.165, 1.54) is 4.57 Å². The van der Waals surface area contributed by atoms with E-state index in [9.17, 15) is 14.4 Å². The van der Waals surface area contributed by atoms with Gasteiger partial charge in [-0.25, -0.2) is 4.98 Å². The molecule has 1 saturated heterocycles. The van der Waals surface area contributed by atoms with Crippen LogP contribution < -0.4 is 10.9 Å². The Morgan fingerprint density at radius 2 is 2.00 bits per heavy atom. The highest BCUT2D eigenvalue weighted by Crippen LogP contribution is 2.22. The first-order valence-electron chi connectivity index (χ1n) is 7.78. The molecule has 1 aromatic heterocycles. The molecule has 2 heterocycles. The molecule has 0 aromatic carbocycles. The number of amides is 2. The topological polar surface area (TPSA) is 81.1 Å². The number of allylic oxidation sites excluding steroid dienone is 4. The highest BCUT2D eigenvalue weighted by molar-refractivity contribution is 5.99. The minimum atomic E-state index is -0.674. The number of nitrogens with zero attached hydrogens (tertiary/aromatic N) is 2. The lowest BCUT2D eigenvalue weighted by Crippen LogP contribution is -2.46. The van der Waals surface area contributed by atoms with Gasteiger partial charge in [-0.2, -0.15) is 0 Å². The fraction of sp³-hybridized carbons (Fsp3) is 0.412. The summed E-state index contributed by atoms with van der Waals surface area (Å²) in [5.74, 6) is -0.210. The van der Waals surface area contributed by atoms with Crippen LogP contribution in [0.15, 0.2) is 23.0 Å². The number of hydrogen-bond donors (Lipinski definition) is 1. The quantitative estimate of drug-likeness (QED) is 0.795. The molecule has 2 amide bonds. The third-order valence-electron chi connectivity index (χ3n) is 4.31. The van der Waals surface area contributed by atoms with Gasteiger partial charge >= 0.3 is 0 Å². The van der Waals surface area contributed by atoms with Crippen molar-refractivity contribution in [3.63, 3.8) is 0 Å². The van der Waals surface area contributed by atoms with Gasteiger partial charge < -0.3 is 0 Å². The van der Waals surface area contributed by atoms with Gasteiger partial charge in [-0.1, -0.05) is 18.2 Å². The molecular weight excluding hydrogens is 294 g/mol. The van der Waals surface area contributed by atoms with Crippen LogP contribution in [0, 0.1) is 6.92 Å². The van der Waals surface area contributed by atoms with Crippen LogP contribution in [0.5, 0.6) is 0 Å². The van der Waals surface area contributed by atoms with Gasteiger partial charge in [0, 0.05) is 6.42 Å². The second-order valence-corrected chi connectivity index (χ2v) is 5.94. The molecule has 1 aromatic rings. The molecule has 0 radical (unpaired) electrons. The van der Waals surface area contributed by atoms with E-state index in [0.29, 0.717) is 24.2 Å². The summed E-state index contributed by atoms with van der Waals surface area (Å²) >= 11 is 0. The van der Waals surface area contributed by atoms with E-state index in [2.05, 4.69) is 16.4 Å². The first-order chi connectivity index (χ1) is 11.0. The van der Waals surface area contributed by atoms with Crippen molar-refractivity contribution in [1.29, 1.82) is 0 Å². The summed E-state index contributed by atoms with van der Waals surface area (Å²) in [6.07, 6.45) is 7.97. The lowest BCUT2D eigenvalue weighted by atomic mass is 9.99. The van der Waals surface area contributed by atoms with E-state index < -0.39 is 11.9 Å². The number of rotatable bonds is 1. The molecule has 1 atom stereocenters. The maximum atomic E-state index is 13.0. The Labute approximate surface area is 133 Å². The zero-order valence-electron chi connectivity index (χ0n) is 13.3. The molecule has 3 rings (SSSR count). The minimum Gasteiger partial charge on any atom is -0.295 e. The third-order valence-corrected chi connectivity index (χ3v) is 4.31. The Bertz CT molecular complexity index is 802. The van der Waals surface area contributed by atoms with Crippen molar-refractivity contribution in [2.24, 2.45) is 0 Å². The Morgan fingerprint density at radius 3 is 2.74 bits per heavy atom. The summed E-state index contributed by atoms with van der Waals surface area (Å²) in [7, 11) is 0. The molecule has 120 valence electrons. The first kappa shape index (κ1) is 15.4. The van der Waals surface area contributed by atoms with Gasteiger partial charge in [-0.3, -0.25) is 24.3 Å². The average Bonchev–Trinajstić information content (AvgIpc) is 2.46. The van der Waals surface area contributed by atoms with Crippen LogP contribution in [0.2, 0.25) is 0 Å². The molecule has 1 aliphatic carbocycles. The highest BCUT2D eigenvalue weighted by Gasteiger charge is 2.31. The molecule has 1 unspecified atom stereocenters. The lowest BCUT2D eigenvalue weighted by Gasteiger charge is -2.25. The summed E-state index contributed by atoms with van der Waals surface area (Å²) in [6.45, 7) is 3.61.